The summed E-state index contributed by atoms with van der Waals surface area (Å²) in [5.74, 6) is -0.629. The molecule has 24 heavy (non-hydrogen) atoms. The molecule has 6 nitrogen and oxygen atoms in total. The zero-order chi connectivity index (χ0) is 17.0. The van der Waals surface area contributed by atoms with Crippen molar-refractivity contribution in [2.24, 2.45) is 0 Å². The molecule has 0 saturated heterocycles. The minimum Gasteiger partial charge on any atom is -0.403 e. The van der Waals surface area contributed by atoms with Crippen molar-refractivity contribution in [3.05, 3.63) is 62.4 Å². The largest absolute Gasteiger partial charge is 0.403 e. The molecule has 0 N–H and O–H groups in total. The Labute approximate surface area is 143 Å². The van der Waals surface area contributed by atoms with Crippen LogP contribution in [0.4, 0.5) is 0 Å². The Hall–Kier alpha value is -2.80. The van der Waals surface area contributed by atoms with Crippen molar-refractivity contribution in [1.29, 1.82) is 0 Å². The lowest BCUT2D eigenvalue weighted by Crippen LogP contribution is -2.24. The standard InChI is InChI=1S/C17H9BrN2O4/c1-20-15(21)10-4-2-8(6-11(10)16(20)22)14-19-13-5-3-9(18)7-12(13)17(23)24-14/h2-7H,1H3. The molecule has 4 rings (SSSR count). The van der Waals surface area contributed by atoms with Crippen molar-refractivity contribution in [2.45, 2.75) is 0 Å². The number of fused-ring (bicyclic) bond motifs is 2. The third kappa shape index (κ3) is 2.09. The fourth-order valence-corrected chi connectivity index (χ4v) is 3.02. The molecule has 1 aliphatic heterocycles. The average Bonchev–Trinajstić information content (AvgIpc) is 2.79. The van der Waals surface area contributed by atoms with Crippen LogP contribution >= 0.6 is 15.9 Å². The summed E-state index contributed by atoms with van der Waals surface area (Å²) in [6.07, 6.45) is 0. The van der Waals surface area contributed by atoms with E-state index in [1.807, 2.05) is 0 Å². The number of carbonyl (C=O) groups excluding carboxylic acids is 2. The van der Waals surface area contributed by atoms with Gasteiger partial charge in [0.05, 0.1) is 22.0 Å². The summed E-state index contributed by atoms with van der Waals surface area (Å²) in [5, 5.41) is 0.361. The van der Waals surface area contributed by atoms with Gasteiger partial charge in [0.15, 0.2) is 0 Å². The van der Waals surface area contributed by atoms with Crippen LogP contribution in [0.3, 0.4) is 0 Å². The van der Waals surface area contributed by atoms with Crippen LogP contribution in [0.15, 0.2) is 50.1 Å². The molecule has 0 saturated carbocycles. The van der Waals surface area contributed by atoms with E-state index in [0.29, 0.717) is 22.0 Å². The van der Waals surface area contributed by atoms with Gasteiger partial charge < -0.3 is 4.42 Å². The molecule has 2 amide bonds. The Balaban J connectivity index is 1.91. The summed E-state index contributed by atoms with van der Waals surface area (Å²) in [4.78, 5) is 41.6. The van der Waals surface area contributed by atoms with E-state index in [-0.39, 0.29) is 23.3 Å². The monoisotopic (exact) mass is 384 g/mol. The Bertz CT molecular complexity index is 1100. The topological polar surface area (TPSA) is 80.5 Å². The third-order valence-electron chi connectivity index (χ3n) is 3.93. The van der Waals surface area contributed by atoms with Crippen molar-refractivity contribution in [3.8, 4) is 11.5 Å². The minimum atomic E-state index is -0.517. The lowest BCUT2D eigenvalue weighted by molar-refractivity contribution is 0.0693. The molecule has 118 valence electrons. The fraction of sp³-hybridized carbons (Fsp3) is 0.0588. The molecular formula is C17H9BrN2O4. The summed E-state index contributed by atoms with van der Waals surface area (Å²) in [5.41, 5.74) is 1.05. The van der Waals surface area contributed by atoms with Gasteiger partial charge in [0.25, 0.3) is 11.8 Å². The first-order chi connectivity index (χ1) is 11.5. The molecule has 3 aromatic rings. The second kappa shape index (κ2) is 5.10. The van der Waals surface area contributed by atoms with E-state index >= 15 is 0 Å². The number of nitrogens with zero attached hydrogens (tertiary/aromatic N) is 2. The van der Waals surface area contributed by atoms with Crippen LogP contribution in [0.1, 0.15) is 20.7 Å². The van der Waals surface area contributed by atoms with Gasteiger partial charge in [-0.1, -0.05) is 15.9 Å². The highest BCUT2D eigenvalue weighted by Crippen LogP contribution is 2.27. The Morgan fingerprint density at radius 2 is 1.75 bits per heavy atom. The maximum absolute atomic E-state index is 12.2. The van der Waals surface area contributed by atoms with Crippen molar-refractivity contribution in [2.75, 3.05) is 7.05 Å². The van der Waals surface area contributed by atoms with Gasteiger partial charge in [-0.2, -0.15) is 0 Å². The van der Waals surface area contributed by atoms with E-state index < -0.39 is 5.63 Å². The molecule has 1 aliphatic rings. The fourth-order valence-electron chi connectivity index (χ4n) is 2.66. The van der Waals surface area contributed by atoms with Gasteiger partial charge in [0.1, 0.15) is 0 Å². The molecular weight excluding hydrogens is 376 g/mol. The lowest BCUT2D eigenvalue weighted by Gasteiger charge is -2.03. The van der Waals surface area contributed by atoms with Crippen LogP contribution in [-0.2, 0) is 0 Å². The highest BCUT2D eigenvalue weighted by atomic mass is 79.9. The van der Waals surface area contributed by atoms with Gasteiger partial charge >= 0.3 is 5.63 Å². The van der Waals surface area contributed by atoms with Gasteiger partial charge in [0.2, 0.25) is 5.89 Å². The van der Waals surface area contributed by atoms with E-state index in [1.165, 1.54) is 13.1 Å². The lowest BCUT2D eigenvalue weighted by atomic mass is 10.1. The molecule has 0 radical (unpaired) electrons. The zero-order valence-electron chi connectivity index (χ0n) is 12.4. The van der Waals surface area contributed by atoms with E-state index in [4.69, 9.17) is 4.42 Å². The third-order valence-corrected chi connectivity index (χ3v) is 4.42. The predicted octanol–water partition coefficient (Wildman–Crippen LogP) is 2.84. The first-order valence-corrected chi connectivity index (χ1v) is 7.82. The molecule has 0 spiro atoms. The van der Waals surface area contributed by atoms with Crippen LogP contribution in [0.5, 0.6) is 0 Å². The van der Waals surface area contributed by atoms with Gasteiger partial charge in [-0.05, 0) is 36.4 Å². The second-order valence-electron chi connectivity index (χ2n) is 5.40. The molecule has 7 heteroatoms. The normalized spacial score (nSPS) is 13.7. The SMILES string of the molecule is CN1C(=O)c2ccc(-c3nc4ccc(Br)cc4c(=O)o3)cc2C1=O. The van der Waals surface area contributed by atoms with Crippen LogP contribution in [0, 0.1) is 0 Å². The van der Waals surface area contributed by atoms with Crippen LogP contribution < -0.4 is 5.63 Å². The number of hydrogen-bond acceptors (Lipinski definition) is 5. The van der Waals surface area contributed by atoms with E-state index in [9.17, 15) is 14.4 Å². The van der Waals surface area contributed by atoms with Crippen molar-refractivity contribution < 1.29 is 14.0 Å². The number of carbonyl (C=O) groups is 2. The molecule has 0 bridgehead atoms. The number of aromatic nitrogens is 1. The highest BCUT2D eigenvalue weighted by Gasteiger charge is 2.33. The van der Waals surface area contributed by atoms with E-state index in [1.54, 1.807) is 30.3 Å². The summed E-state index contributed by atoms with van der Waals surface area (Å²) in [6.45, 7) is 0. The number of halogens is 1. The number of hydrogen-bond donors (Lipinski definition) is 0. The Kier molecular flexibility index (Phi) is 3.14. The number of amides is 2. The Morgan fingerprint density at radius 1 is 1.00 bits per heavy atom. The molecule has 2 heterocycles. The molecule has 0 aliphatic carbocycles. The average molecular weight is 385 g/mol. The number of imide groups is 1. The molecule has 2 aromatic carbocycles. The van der Waals surface area contributed by atoms with Crippen LogP contribution in [0.2, 0.25) is 0 Å². The van der Waals surface area contributed by atoms with Crippen molar-refractivity contribution in [1.82, 2.24) is 9.88 Å². The molecule has 0 fully saturated rings. The van der Waals surface area contributed by atoms with Crippen molar-refractivity contribution >= 4 is 38.6 Å². The first-order valence-electron chi connectivity index (χ1n) is 7.03. The van der Waals surface area contributed by atoms with Crippen LogP contribution in [-0.4, -0.2) is 28.7 Å². The highest BCUT2D eigenvalue weighted by molar-refractivity contribution is 9.10. The smallest absolute Gasteiger partial charge is 0.347 e. The molecule has 0 unspecified atom stereocenters. The summed E-state index contributed by atoms with van der Waals surface area (Å²) in [6, 6.07) is 9.79. The van der Waals surface area contributed by atoms with Gasteiger partial charge in [-0.25, -0.2) is 9.78 Å². The quantitative estimate of drug-likeness (QED) is 0.602. The second-order valence-corrected chi connectivity index (χ2v) is 6.31. The predicted molar refractivity (Wildman–Crippen MR) is 89.8 cm³/mol. The van der Waals surface area contributed by atoms with Gasteiger partial charge in [0, 0.05) is 17.1 Å². The van der Waals surface area contributed by atoms with Gasteiger partial charge in [-0.15, -0.1) is 0 Å². The first kappa shape index (κ1) is 14.8. The number of benzene rings is 2. The van der Waals surface area contributed by atoms with Gasteiger partial charge in [-0.3, -0.25) is 14.5 Å². The maximum Gasteiger partial charge on any atom is 0.347 e. The molecule has 1 aromatic heterocycles. The summed E-state index contributed by atoms with van der Waals surface area (Å²) < 4.78 is 6.03. The van der Waals surface area contributed by atoms with E-state index in [2.05, 4.69) is 20.9 Å². The summed E-state index contributed by atoms with van der Waals surface area (Å²) >= 11 is 3.30. The number of rotatable bonds is 1. The van der Waals surface area contributed by atoms with E-state index in [0.717, 1.165) is 9.37 Å². The summed E-state index contributed by atoms with van der Waals surface area (Å²) in [7, 11) is 1.43. The van der Waals surface area contributed by atoms with Crippen LogP contribution in [0.25, 0.3) is 22.4 Å². The maximum atomic E-state index is 12.2. The Morgan fingerprint density at radius 3 is 2.54 bits per heavy atom. The molecule has 0 atom stereocenters. The minimum absolute atomic E-state index is 0.104. The van der Waals surface area contributed by atoms with Crippen molar-refractivity contribution in [3.63, 3.8) is 0 Å². The zero-order valence-corrected chi connectivity index (χ0v) is 14.0.